The van der Waals surface area contributed by atoms with E-state index < -0.39 is 5.91 Å². The third kappa shape index (κ3) is 4.54. The van der Waals surface area contributed by atoms with Gasteiger partial charge in [-0.3, -0.25) is 14.6 Å². The quantitative estimate of drug-likeness (QED) is 0.343. The normalized spacial score (nSPS) is 10.5. The van der Waals surface area contributed by atoms with Gasteiger partial charge in [0.25, 0.3) is 11.8 Å². The van der Waals surface area contributed by atoms with Crippen molar-refractivity contribution in [2.75, 3.05) is 16.8 Å². The monoisotopic (exact) mass is 428 g/mol. The average Bonchev–Trinajstić information content (AvgIpc) is 3.21. The summed E-state index contributed by atoms with van der Waals surface area (Å²) in [5.74, 6) is -0.726. The first kappa shape index (κ1) is 20.5. The SMILES string of the molecule is Nc1ccccc1NC(=O)c1ccc(CNC(=O)c2nn(-c3cccnc3)nc2N)cc1. The summed E-state index contributed by atoms with van der Waals surface area (Å²) < 4.78 is 0. The molecule has 0 saturated carbocycles. The molecular weight excluding hydrogens is 408 g/mol. The van der Waals surface area contributed by atoms with Crippen molar-refractivity contribution in [3.8, 4) is 5.69 Å². The van der Waals surface area contributed by atoms with E-state index in [1.165, 1.54) is 4.80 Å². The largest absolute Gasteiger partial charge is 0.397 e. The number of hydrogen-bond acceptors (Lipinski definition) is 7. The highest BCUT2D eigenvalue weighted by atomic mass is 16.2. The van der Waals surface area contributed by atoms with E-state index in [0.29, 0.717) is 22.6 Å². The summed E-state index contributed by atoms with van der Waals surface area (Å²) in [6, 6.07) is 17.3. The molecule has 4 aromatic rings. The third-order valence-corrected chi connectivity index (χ3v) is 4.61. The van der Waals surface area contributed by atoms with E-state index in [0.717, 1.165) is 5.56 Å². The van der Waals surface area contributed by atoms with Gasteiger partial charge in [0.2, 0.25) is 0 Å². The number of pyridine rings is 1. The van der Waals surface area contributed by atoms with Gasteiger partial charge in [-0.15, -0.1) is 15.0 Å². The maximum Gasteiger partial charge on any atom is 0.275 e. The van der Waals surface area contributed by atoms with Gasteiger partial charge >= 0.3 is 0 Å². The number of nitrogens with zero attached hydrogens (tertiary/aromatic N) is 4. The van der Waals surface area contributed by atoms with Crippen LogP contribution in [-0.4, -0.2) is 31.8 Å². The first-order valence-electron chi connectivity index (χ1n) is 9.67. The van der Waals surface area contributed by atoms with Gasteiger partial charge in [-0.2, -0.15) is 0 Å². The Balaban J connectivity index is 1.37. The smallest absolute Gasteiger partial charge is 0.275 e. The molecule has 0 aliphatic heterocycles. The molecule has 10 nitrogen and oxygen atoms in total. The maximum atomic E-state index is 12.5. The van der Waals surface area contributed by atoms with Crippen molar-refractivity contribution in [2.24, 2.45) is 0 Å². The lowest BCUT2D eigenvalue weighted by Gasteiger charge is -2.09. The number of hydrogen-bond donors (Lipinski definition) is 4. The van der Waals surface area contributed by atoms with E-state index in [1.807, 2.05) is 0 Å². The van der Waals surface area contributed by atoms with Crippen LogP contribution in [0.3, 0.4) is 0 Å². The Kier molecular flexibility index (Phi) is 5.75. The van der Waals surface area contributed by atoms with Crippen LogP contribution in [0.2, 0.25) is 0 Å². The Bertz CT molecular complexity index is 1250. The fourth-order valence-electron chi connectivity index (χ4n) is 2.91. The predicted molar refractivity (Wildman–Crippen MR) is 120 cm³/mol. The lowest BCUT2D eigenvalue weighted by atomic mass is 10.1. The van der Waals surface area contributed by atoms with Gasteiger partial charge in [-0.1, -0.05) is 24.3 Å². The molecule has 4 rings (SSSR count). The van der Waals surface area contributed by atoms with E-state index in [4.69, 9.17) is 11.5 Å². The Labute approximate surface area is 183 Å². The Hall–Kier alpha value is -4.73. The van der Waals surface area contributed by atoms with Crippen LogP contribution in [0.1, 0.15) is 26.4 Å². The fraction of sp³-hybridized carbons (Fsp3) is 0.0455. The number of anilines is 3. The third-order valence-electron chi connectivity index (χ3n) is 4.61. The zero-order valence-electron chi connectivity index (χ0n) is 16.9. The minimum absolute atomic E-state index is 0.0126. The summed E-state index contributed by atoms with van der Waals surface area (Å²) in [7, 11) is 0. The zero-order valence-corrected chi connectivity index (χ0v) is 16.9. The molecule has 2 heterocycles. The summed E-state index contributed by atoms with van der Waals surface area (Å²) in [5.41, 5.74) is 14.6. The van der Waals surface area contributed by atoms with Crippen molar-refractivity contribution >= 4 is 29.0 Å². The molecule has 2 aromatic heterocycles. The maximum absolute atomic E-state index is 12.5. The number of carbonyl (C=O) groups is 2. The van der Waals surface area contributed by atoms with Crippen LogP contribution >= 0.6 is 0 Å². The number of amides is 2. The highest BCUT2D eigenvalue weighted by molar-refractivity contribution is 6.05. The van der Waals surface area contributed by atoms with E-state index in [9.17, 15) is 9.59 Å². The number of nitrogens with one attached hydrogen (secondary N) is 2. The van der Waals surface area contributed by atoms with E-state index >= 15 is 0 Å². The summed E-state index contributed by atoms with van der Waals surface area (Å²) in [5, 5.41) is 13.7. The van der Waals surface area contributed by atoms with E-state index in [-0.39, 0.29) is 24.0 Å². The van der Waals surface area contributed by atoms with Crippen molar-refractivity contribution in [3.63, 3.8) is 0 Å². The second-order valence-corrected chi connectivity index (χ2v) is 6.86. The van der Waals surface area contributed by atoms with Crippen LogP contribution in [0.5, 0.6) is 0 Å². The Morgan fingerprint density at radius 3 is 2.41 bits per heavy atom. The molecule has 2 aromatic carbocycles. The fourth-order valence-corrected chi connectivity index (χ4v) is 2.91. The van der Waals surface area contributed by atoms with Crippen LogP contribution in [0.15, 0.2) is 73.1 Å². The second-order valence-electron chi connectivity index (χ2n) is 6.86. The molecule has 0 spiro atoms. The van der Waals surface area contributed by atoms with Crippen molar-refractivity contribution < 1.29 is 9.59 Å². The van der Waals surface area contributed by atoms with E-state index in [1.54, 1.807) is 73.1 Å². The molecule has 0 bridgehead atoms. The molecule has 6 N–H and O–H groups in total. The van der Waals surface area contributed by atoms with Crippen LogP contribution in [0.25, 0.3) is 5.69 Å². The number of benzene rings is 2. The molecule has 0 atom stereocenters. The Morgan fingerprint density at radius 1 is 0.906 bits per heavy atom. The minimum Gasteiger partial charge on any atom is -0.397 e. The topological polar surface area (TPSA) is 154 Å². The molecule has 10 heteroatoms. The zero-order chi connectivity index (χ0) is 22.5. The lowest BCUT2D eigenvalue weighted by Crippen LogP contribution is -2.24. The van der Waals surface area contributed by atoms with Crippen molar-refractivity contribution in [2.45, 2.75) is 6.54 Å². The van der Waals surface area contributed by atoms with Crippen molar-refractivity contribution in [3.05, 3.63) is 89.9 Å². The minimum atomic E-state index is -0.459. The molecule has 0 aliphatic rings. The number of nitrogen functional groups attached to an aromatic ring is 2. The molecule has 2 amide bonds. The number of carbonyl (C=O) groups excluding carboxylic acids is 2. The van der Waals surface area contributed by atoms with E-state index in [2.05, 4.69) is 25.8 Å². The van der Waals surface area contributed by atoms with Gasteiger partial charge < -0.3 is 22.1 Å². The highest BCUT2D eigenvalue weighted by Gasteiger charge is 2.17. The molecule has 0 unspecified atom stereocenters. The molecule has 0 aliphatic carbocycles. The summed E-state index contributed by atoms with van der Waals surface area (Å²) in [4.78, 5) is 30.2. The molecular formula is C22H20N8O2. The standard InChI is InChI=1S/C22H20N8O2/c23-17-5-1-2-6-18(17)27-21(31)15-9-7-14(8-10-15)12-26-22(32)19-20(24)29-30(28-19)16-4-3-11-25-13-16/h1-11,13H,12,23H2,(H2,24,29)(H,26,32)(H,27,31). The second kappa shape index (κ2) is 8.96. The summed E-state index contributed by atoms with van der Waals surface area (Å²) in [6.45, 7) is 0.228. The summed E-state index contributed by atoms with van der Waals surface area (Å²) >= 11 is 0. The van der Waals surface area contributed by atoms with Crippen molar-refractivity contribution in [1.82, 2.24) is 25.3 Å². The molecule has 0 radical (unpaired) electrons. The number of para-hydroxylation sites is 2. The van der Waals surface area contributed by atoms with Gasteiger partial charge in [0.15, 0.2) is 11.5 Å². The van der Waals surface area contributed by atoms with Gasteiger partial charge in [-0.05, 0) is 42.0 Å². The molecule has 0 saturated heterocycles. The summed E-state index contributed by atoms with van der Waals surface area (Å²) in [6.07, 6.45) is 3.18. The van der Waals surface area contributed by atoms with Gasteiger partial charge in [-0.25, -0.2) is 0 Å². The Morgan fingerprint density at radius 2 is 1.69 bits per heavy atom. The predicted octanol–water partition coefficient (Wildman–Crippen LogP) is 2.01. The average molecular weight is 428 g/mol. The highest BCUT2D eigenvalue weighted by Crippen LogP contribution is 2.18. The molecule has 32 heavy (non-hydrogen) atoms. The molecule has 0 fully saturated rings. The van der Waals surface area contributed by atoms with Crippen LogP contribution < -0.4 is 22.1 Å². The molecule has 160 valence electrons. The van der Waals surface area contributed by atoms with Gasteiger partial charge in [0.05, 0.1) is 17.6 Å². The number of aromatic nitrogens is 4. The first-order chi connectivity index (χ1) is 15.5. The van der Waals surface area contributed by atoms with Gasteiger partial charge in [0, 0.05) is 18.3 Å². The first-order valence-corrected chi connectivity index (χ1v) is 9.67. The number of rotatable bonds is 6. The number of nitrogens with two attached hydrogens (primary N) is 2. The van der Waals surface area contributed by atoms with Crippen LogP contribution in [0.4, 0.5) is 17.2 Å². The van der Waals surface area contributed by atoms with Crippen LogP contribution in [0, 0.1) is 0 Å². The van der Waals surface area contributed by atoms with Crippen molar-refractivity contribution in [1.29, 1.82) is 0 Å². The van der Waals surface area contributed by atoms with Crippen LogP contribution in [-0.2, 0) is 6.54 Å². The van der Waals surface area contributed by atoms with Gasteiger partial charge in [0.1, 0.15) is 5.69 Å². The lowest BCUT2D eigenvalue weighted by molar-refractivity contribution is 0.0945.